The van der Waals surface area contributed by atoms with Crippen LogP contribution in [0.3, 0.4) is 0 Å². The van der Waals surface area contributed by atoms with Crippen molar-refractivity contribution in [3.05, 3.63) is 29.8 Å². The highest BCUT2D eigenvalue weighted by atomic mass is 16.4. The van der Waals surface area contributed by atoms with Crippen molar-refractivity contribution in [2.75, 3.05) is 5.32 Å². The van der Waals surface area contributed by atoms with Gasteiger partial charge in [-0.3, -0.25) is 4.79 Å². The molecule has 0 bridgehead atoms. The number of nitrogens with two attached hydrogens (primary N) is 1. The predicted molar refractivity (Wildman–Crippen MR) is 67.1 cm³/mol. The Labute approximate surface area is 100 Å². The SMILES string of the molecule is CCCCC(=O)Nc1ccccc1/C(N)=N/O. The van der Waals surface area contributed by atoms with Crippen LogP contribution in [0.2, 0.25) is 0 Å². The highest BCUT2D eigenvalue weighted by molar-refractivity contribution is 6.05. The molecule has 0 fully saturated rings. The molecule has 1 aromatic rings. The van der Waals surface area contributed by atoms with Crippen molar-refractivity contribution >= 4 is 17.4 Å². The Balaban J connectivity index is 2.80. The summed E-state index contributed by atoms with van der Waals surface area (Å²) in [6.45, 7) is 2.03. The maximum absolute atomic E-state index is 11.6. The van der Waals surface area contributed by atoms with E-state index in [1.165, 1.54) is 0 Å². The lowest BCUT2D eigenvalue weighted by molar-refractivity contribution is -0.116. The summed E-state index contributed by atoms with van der Waals surface area (Å²) in [5.74, 6) is -0.0820. The van der Waals surface area contributed by atoms with Gasteiger partial charge < -0.3 is 16.3 Å². The van der Waals surface area contributed by atoms with Crippen molar-refractivity contribution in [1.82, 2.24) is 0 Å². The number of unbranched alkanes of at least 4 members (excludes halogenated alkanes) is 1. The second-order valence-electron chi connectivity index (χ2n) is 3.68. The molecule has 92 valence electrons. The van der Waals surface area contributed by atoms with Crippen LogP contribution in [-0.2, 0) is 4.79 Å². The molecule has 0 saturated carbocycles. The van der Waals surface area contributed by atoms with Crippen molar-refractivity contribution in [2.45, 2.75) is 26.2 Å². The Morgan fingerprint density at radius 3 is 2.82 bits per heavy atom. The number of amidine groups is 1. The Hall–Kier alpha value is -2.04. The summed E-state index contributed by atoms with van der Waals surface area (Å²) in [5, 5.41) is 14.3. The van der Waals surface area contributed by atoms with E-state index < -0.39 is 0 Å². The number of benzene rings is 1. The molecule has 1 amide bonds. The van der Waals surface area contributed by atoms with Gasteiger partial charge in [-0.15, -0.1) is 0 Å². The van der Waals surface area contributed by atoms with E-state index in [0.717, 1.165) is 12.8 Å². The van der Waals surface area contributed by atoms with Gasteiger partial charge in [-0.1, -0.05) is 30.6 Å². The molecule has 0 aliphatic heterocycles. The Bertz CT molecular complexity index is 416. The first-order valence-corrected chi connectivity index (χ1v) is 5.55. The summed E-state index contributed by atoms with van der Waals surface area (Å²) >= 11 is 0. The molecule has 0 radical (unpaired) electrons. The Kier molecular flexibility index (Phi) is 5.00. The number of para-hydroxylation sites is 1. The zero-order chi connectivity index (χ0) is 12.7. The average molecular weight is 235 g/mol. The fourth-order valence-electron chi connectivity index (χ4n) is 1.42. The number of amides is 1. The highest BCUT2D eigenvalue weighted by Gasteiger charge is 2.08. The molecule has 0 unspecified atom stereocenters. The summed E-state index contributed by atoms with van der Waals surface area (Å²) in [5.41, 5.74) is 6.59. The predicted octanol–water partition coefficient (Wildman–Crippen LogP) is 1.91. The molecule has 4 N–H and O–H groups in total. The number of nitrogens with zero attached hydrogens (tertiary/aromatic N) is 1. The van der Waals surface area contributed by atoms with Gasteiger partial charge in [-0.25, -0.2) is 0 Å². The van der Waals surface area contributed by atoms with Gasteiger partial charge in [0.2, 0.25) is 5.91 Å². The number of hydrogen-bond donors (Lipinski definition) is 3. The van der Waals surface area contributed by atoms with E-state index in [1.807, 2.05) is 6.92 Å². The van der Waals surface area contributed by atoms with Crippen LogP contribution >= 0.6 is 0 Å². The molecule has 1 aromatic carbocycles. The van der Waals surface area contributed by atoms with Crippen molar-refractivity contribution in [3.8, 4) is 0 Å². The minimum absolute atomic E-state index is 0.0172. The normalized spacial score (nSPS) is 11.2. The largest absolute Gasteiger partial charge is 0.409 e. The van der Waals surface area contributed by atoms with Crippen LogP contribution in [0.5, 0.6) is 0 Å². The zero-order valence-electron chi connectivity index (χ0n) is 9.81. The standard InChI is InChI=1S/C12H17N3O2/c1-2-3-8-11(16)14-10-7-5-4-6-9(10)12(13)15-17/h4-7,17H,2-3,8H2,1H3,(H2,13,15)(H,14,16). The van der Waals surface area contributed by atoms with Crippen LogP contribution in [0.1, 0.15) is 31.7 Å². The number of oxime groups is 1. The third-order valence-electron chi connectivity index (χ3n) is 2.34. The van der Waals surface area contributed by atoms with E-state index in [0.29, 0.717) is 17.7 Å². The van der Waals surface area contributed by atoms with Crippen molar-refractivity contribution < 1.29 is 10.0 Å². The van der Waals surface area contributed by atoms with Crippen molar-refractivity contribution in [2.24, 2.45) is 10.9 Å². The van der Waals surface area contributed by atoms with Gasteiger partial charge >= 0.3 is 0 Å². The van der Waals surface area contributed by atoms with Crippen LogP contribution in [-0.4, -0.2) is 17.0 Å². The van der Waals surface area contributed by atoms with E-state index >= 15 is 0 Å². The van der Waals surface area contributed by atoms with Gasteiger partial charge in [0.15, 0.2) is 5.84 Å². The molecule has 0 spiro atoms. The van der Waals surface area contributed by atoms with E-state index in [1.54, 1.807) is 24.3 Å². The lowest BCUT2D eigenvalue weighted by Crippen LogP contribution is -2.18. The molecule has 5 heteroatoms. The highest BCUT2D eigenvalue weighted by Crippen LogP contribution is 2.15. The molecule has 0 heterocycles. The monoisotopic (exact) mass is 235 g/mol. The number of carbonyl (C=O) groups excluding carboxylic acids is 1. The number of nitrogens with one attached hydrogen (secondary N) is 1. The van der Waals surface area contributed by atoms with Gasteiger partial charge in [0.05, 0.1) is 5.69 Å². The van der Waals surface area contributed by atoms with Gasteiger partial charge in [-0.05, 0) is 18.6 Å². The maximum atomic E-state index is 11.6. The second-order valence-corrected chi connectivity index (χ2v) is 3.68. The van der Waals surface area contributed by atoms with Gasteiger partial charge in [0.1, 0.15) is 0 Å². The molecule has 0 aliphatic carbocycles. The lowest BCUT2D eigenvalue weighted by Gasteiger charge is -2.09. The average Bonchev–Trinajstić information content (AvgIpc) is 2.36. The molecule has 5 nitrogen and oxygen atoms in total. The first-order valence-electron chi connectivity index (χ1n) is 5.55. The quantitative estimate of drug-likeness (QED) is 0.315. The zero-order valence-corrected chi connectivity index (χ0v) is 9.81. The van der Waals surface area contributed by atoms with Crippen LogP contribution in [0.15, 0.2) is 29.4 Å². The maximum Gasteiger partial charge on any atom is 0.224 e. The van der Waals surface area contributed by atoms with Crippen LogP contribution in [0.25, 0.3) is 0 Å². The summed E-state index contributed by atoms with van der Waals surface area (Å²) in [6.07, 6.45) is 2.29. The molecule has 0 aliphatic rings. The Morgan fingerprint density at radius 1 is 1.47 bits per heavy atom. The first-order chi connectivity index (χ1) is 8.19. The molecular formula is C12H17N3O2. The smallest absolute Gasteiger partial charge is 0.224 e. The number of rotatable bonds is 5. The fourth-order valence-corrected chi connectivity index (χ4v) is 1.42. The fraction of sp³-hybridized carbons (Fsp3) is 0.333. The van der Waals surface area contributed by atoms with Crippen LogP contribution < -0.4 is 11.1 Å². The van der Waals surface area contributed by atoms with Gasteiger partial charge in [0, 0.05) is 12.0 Å². The lowest BCUT2D eigenvalue weighted by atomic mass is 10.1. The molecule has 17 heavy (non-hydrogen) atoms. The molecular weight excluding hydrogens is 218 g/mol. The van der Waals surface area contributed by atoms with Crippen LogP contribution in [0, 0.1) is 0 Å². The molecule has 1 rings (SSSR count). The minimum atomic E-state index is -0.0648. The van der Waals surface area contributed by atoms with Crippen molar-refractivity contribution in [1.29, 1.82) is 0 Å². The van der Waals surface area contributed by atoms with E-state index in [2.05, 4.69) is 10.5 Å². The minimum Gasteiger partial charge on any atom is -0.409 e. The van der Waals surface area contributed by atoms with Crippen molar-refractivity contribution in [3.63, 3.8) is 0 Å². The number of carbonyl (C=O) groups is 1. The second kappa shape index (κ2) is 6.52. The third-order valence-corrected chi connectivity index (χ3v) is 2.34. The van der Waals surface area contributed by atoms with E-state index in [9.17, 15) is 4.79 Å². The molecule has 0 atom stereocenters. The summed E-state index contributed by atoms with van der Waals surface area (Å²) in [4.78, 5) is 11.6. The van der Waals surface area contributed by atoms with E-state index in [-0.39, 0.29) is 11.7 Å². The number of hydrogen-bond acceptors (Lipinski definition) is 3. The molecule has 0 aromatic heterocycles. The summed E-state index contributed by atoms with van der Waals surface area (Å²) in [6, 6.07) is 6.94. The van der Waals surface area contributed by atoms with Crippen LogP contribution in [0.4, 0.5) is 5.69 Å². The summed E-state index contributed by atoms with van der Waals surface area (Å²) < 4.78 is 0. The Morgan fingerprint density at radius 2 is 2.18 bits per heavy atom. The van der Waals surface area contributed by atoms with Gasteiger partial charge in [0.25, 0.3) is 0 Å². The summed E-state index contributed by atoms with van der Waals surface area (Å²) in [7, 11) is 0. The first kappa shape index (κ1) is 13.0. The topological polar surface area (TPSA) is 87.7 Å². The van der Waals surface area contributed by atoms with E-state index in [4.69, 9.17) is 10.9 Å². The van der Waals surface area contributed by atoms with Gasteiger partial charge in [-0.2, -0.15) is 0 Å². The number of anilines is 1. The molecule has 0 saturated heterocycles. The third kappa shape index (κ3) is 3.79.